The van der Waals surface area contributed by atoms with E-state index in [2.05, 4.69) is 5.32 Å². The van der Waals surface area contributed by atoms with Crippen LogP contribution in [0, 0.1) is 0 Å². The Morgan fingerprint density at radius 1 is 0.963 bits per heavy atom. The van der Waals surface area contributed by atoms with Crippen LogP contribution in [0.25, 0.3) is 0 Å². The molecule has 5 nitrogen and oxygen atoms in total. The molecule has 0 aliphatic carbocycles. The molecule has 5 heteroatoms. The Labute approximate surface area is 157 Å². The van der Waals surface area contributed by atoms with E-state index in [9.17, 15) is 9.59 Å². The van der Waals surface area contributed by atoms with E-state index >= 15 is 0 Å². The van der Waals surface area contributed by atoms with Crippen molar-refractivity contribution in [3.8, 4) is 0 Å². The zero-order chi connectivity index (χ0) is 18.6. The molecule has 0 spiro atoms. The number of benzene rings is 2. The molecule has 1 atom stereocenters. The highest BCUT2D eigenvalue weighted by Crippen LogP contribution is 2.25. The normalized spacial score (nSPS) is 15.9. The van der Waals surface area contributed by atoms with Crippen molar-refractivity contribution in [3.05, 3.63) is 95.4 Å². The molecule has 27 heavy (non-hydrogen) atoms. The number of rotatable bonds is 4. The van der Waals surface area contributed by atoms with Gasteiger partial charge in [0.05, 0.1) is 6.26 Å². The van der Waals surface area contributed by atoms with Crippen molar-refractivity contribution in [1.82, 2.24) is 10.2 Å². The molecule has 0 saturated heterocycles. The van der Waals surface area contributed by atoms with Gasteiger partial charge in [0.25, 0.3) is 5.91 Å². The fourth-order valence-corrected chi connectivity index (χ4v) is 3.42. The lowest BCUT2D eigenvalue weighted by Gasteiger charge is -2.35. The number of fused-ring (bicyclic) bond motifs is 1. The number of amides is 2. The molecule has 0 unspecified atom stereocenters. The summed E-state index contributed by atoms with van der Waals surface area (Å²) in [6.07, 6.45) is 1.96. The predicted molar refractivity (Wildman–Crippen MR) is 101 cm³/mol. The Morgan fingerprint density at radius 2 is 1.70 bits per heavy atom. The summed E-state index contributed by atoms with van der Waals surface area (Å²) >= 11 is 0. The minimum Gasteiger partial charge on any atom is -0.459 e. The molecule has 1 aliphatic rings. The van der Waals surface area contributed by atoms with Crippen molar-refractivity contribution in [2.75, 3.05) is 0 Å². The highest BCUT2D eigenvalue weighted by atomic mass is 16.3. The van der Waals surface area contributed by atoms with Crippen LogP contribution in [0.3, 0.4) is 0 Å². The van der Waals surface area contributed by atoms with E-state index in [1.165, 1.54) is 6.26 Å². The molecule has 0 fully saturated rings. The molecular formula is C22H20N2O3. The van der Waals surface area contributed by atoms with Gasteiger partial charge in [-0.3, -0.25) is 9.59 Å². The third-order valence-corrected chi connectivity index (χ3v) is 4.85. The first kappa shape index (κ1) is 17.1. The quantitative estimate of drug-likeness (QED) is 0.777. The van der Waals surface area contributed by atoms with Crippen molar-refractivity contribution >= 4 is 11.8 Å². The summed E-state index contributed by atoms with van der Waals surface area (Å²) < 4.78 is 5.27. The Hall–Kier alpha value is -3.34. The maximum Gasteiger partial charge on any atom is 0.290 e. The summed E-state index contributed by atoms with van der Waals surface area (Å²) in [5, 5.41) is 2.97. The number of hydrogen-bond acceptors (Lipinski definition) is 3. The fourth-order valence-electron chi connectivity index (χ4n) is 3.42. The average molecular weight is 360 g/mol. The van der Waals surface area contributed by atoms with Gasteiger partial charge in [-0.15, -0.1) is 0 Å². The van der Waals surface area contributed by atoms with Crippen molar-refractivity contribution in [2.24, 2.45) is 0 Å². The Balaban J connectivity index is 1.57. The van der Waals surface area contributed by atoms with Crippen LogP contribution in [0.2, 0.25) is 0 Å². The number of furan rings is 1. The molecule has 2 amide bonds. The number of carbonyl (C=O) groups excluding carboxylic acids is 2. The molecule has 3 aromatic rings. The molecule has 2 aromatic carbocycles. The maximum absolute atomic E-state index is 12.9. The van der Waals surface area contributed by atoms with Gasteiger partial charge < -0.3 is 14.6 Å². The number of carbonyl (C=O) groups is 2. The first-order chi connectivity index (χ1) is 13.2. The van der Waals surface area contributed by atoms with Gasteiger partial charge in [-0.25, -0.2) is 0 Å². The lowest BCUT2D eigenvalue weighted by atomic mass is 9.93. The second kappa shape index (κ2) is 7.50. The standard InChI is InChI=1S/C22H20N2O3/c25-21(23-14-16-7-2-1-3-8-16)19-13-17-9-4-5-10-18(17)15-24(19)22(26)20-11-6-12-27-20/h1-12,19H,13-15H2,(H,23,25)/t19-/m0/s1. The predicted octanol–water partition coefficient (Wildman–Crippen LogP) is 3.16. The third-order valence-electron chi connectivity index (χ3n) is 4.85. The summed E-state index contributed by atoms with van der Waals surface area (Å²) in [6.45, 7) is 0.819. The average Bonchev–Trinajstić information content (AvgIpc) is 3.26. The third kappa shape index (κ3) is 3.62. The van der Waals surface area contributed by atoms with Crippen molar-refractivity contribution < 1.29 is 14.0 Å². The molecule has 0 saturated carbocycles. The van der Waals surface area contributed by atoms with Gasteiger partial charge in [0.1, 0.15) is 6.04 Å². The van der Waals surface area contributed by atoms with Crippen LogP contribution in [-0.4, -0.2) is 22.8 Å². The van der Waals surface area contributed by atoms with Crippen LogP contribution < -0.4 is 5.32 Å². The van der Waals surface area contributed by atoms with Crippen LogP contribution in [-0.2, 0) is 24.3 Å². The lowest BCUT2D eigenvalue weighted by Crippen LogP contribution is -2.52. The van der Waals surface area contributed by atoms with E-state index in [4.69, 9.17) is 4.42 Å². The van der Waals surface area contributed by atoms with Gasteiger partial charge >= 0.3 is 0 Å². The van der Waals surface area contributed by atoms with Gasteiger partial charge in [-0.05, 0) is 28.8 Å². The van der Waals surface area contributed by atoms with Gasteiger partial charge in [0, 0.05) is 19.5 Å². The molecular weight excluding hydrogens is 340 g/mol. The maximum atomic E-state index is 12.9. The smallest absolute Gasteiger partial charge is 0.290 e. The first-order valence-electron chi connectivity index (χ1n) is 8.95. The minimum atomic E-state index is -0.568. The molecule has 136 valence electrons. The first-order valence-corrected chi connectivity index (χ1v) is 8.95. The molecule has 1 N–H and O–H groups in total. The minimum absolute atomic E-state index is 0.159. The summed E-state index contributed by atoms with van der Waals surface area (Å²) in [4.78, 5) is 27.4. The van der Waals surface area contributed by atoms with Crippen LogP contribution >= 0.6 is 0 Å². The Bertz CT molecular complexity index is 935. The largest absolute Gasteiger partial charge is 0.459 e. The highest BCUT2D eigenvalue weighted by molar-refractivity contribution is 5.96. The number of nitrogens with zero attached hydrogens (tertiary/aromatic N) is 1. The second-order valence-corrected chi connectivity index (χ2v) is 6.60. The highest BCUT2D eigenvalue weighted by Gasteiger charge is 2.35. The summed E-state index contributed by atoms with van der Waals surface area (Å²) in [7, 11) is 0. The molecule has 1 aliphatic heterocycles. The SMILES string of the molecule is O=C(NCc1ccccc1)[C@@H]1Cc2ccccc2CN1C(=O)c1ccco1. The number of nitrogens with one attached hydrogen (secondary N) is 1. The molecule has 4 rings (SSSR count). The zero-order valence-corrected chi connectivity index (χ0v) is 14.8. The molecule has 1 aromatic heterocycles. The monoisotopic (exact) mass is 360 g/mol. The van der Waals surface area contributed by atoms with E-state index in [1.807, 2.05) is 54.6 Å². The van der Waals surface area contributed by atoms with E-state index in [1.54, 1.807) is 17.0 Å². The fraction of sp³-hybridized carbons (Fsp3) is 0.182. The van der Waals surface area contributed by atoms with Crippen LogP contribution in [0.1, 0.15) is 27.2 Å². The Kier molecular flexibility index (Phi) is 4.75. The molecule has 2 heterocycles. The van der Waals surface area contributed by atoms with E-state index in [-0.39, 0.29) is 17.6 Å². The van der Waals surface area contributed by atoms with Crippen molar-refractivity contribution in [1.29, 1.82) is 0 Å². The van der Waals surface area contributed by atoms with E-state index in [0.717, 1.165) is 16.7 Å². The molecule has 0 bridgehead atoms. The van der Waals surface area contributed by atoms with E-state index in [0.29, 0.717) is 19.5 Å². The summed E-state index contributed by atoms with van der Waals surface area (Å²) in [6, 6.07) is 20.4. The summed E-state index contributed by atoms with van der Waals surface area (Å²) in [5.74, 6) is -0.183. The summed E-state index contributed by atoms with van der Waals surface area (Å²) in [5.41, 5.74) is 3.18. The zero-order valence-electron chi connectivity index (χ0n) is 14.8. The number of hydrogen-bond donors (Lipinski definition) is 1. The van der Waals surface area contributed by atoms with Crippen molar-refractivity contribution in [2.45, 2.75) is 25.6 Å². The van der Waals surface area contributed by atoms with E-state index < -0.39 is 6.04 Å². The molecule has 0 radical (unpaired) electrons. The van der Waals surface area contributed by atoms with Crippen LogP contribution in [0.15, 0.2) is 77.4 Å². The lowest BCUT2D eigenvalue weighted by molar-refractivity contribution is -0.126. The van der Waals surface area contributed by atoms with Gasteiger partial charge in [-0.1, -0.05) is 54.6 Å². The van der Waals surface area contributed by atoms with Gasteiger partial charge in [-0.2, -0.15) is 0 Å². The van der Waals surface area contributed by atoms with Crippen molar-refractivity contribution in [3.63, 3.8) is 0 Å². The second-order valence-electron chi connectivity index (χ2n) is 6.60. The Morgan fingerprint density at radius 3 is 2.44 bits per heavy atom. The van der Waals surface area contributed by atoms with Crippen LogP contribution in [0.4, 0.5) is 0 Å². The van der Waals surface area contributed by atoms with Crippen LogP contribution in [0.5, 0.6) is 0 Å². The van der Waals surface area contributed by atoms with Gasteiger partial charge in [0.15, 0.2) is 5.76 Å². The topological polar surface area (TPSA) is 62.6 Å². The van der Waals surface area contributed by atoms with Gasteiger partial charge in [0.2, 0.25) is 5.91 Å².